The van der Waals surface area contributed by atoms with Crippen molar-refractivity contribution in [1.29, 1.82) is 0 Å². The number of amidine groups is 2. The molecule has 4 nitrogen and oxygen atoms in total. The van der Waals surface area contributed by atoms with Gasteiger partial charge >= 0.3 is 0 Å². The summed E-state index contributed by atoms with van der Waals surface area (Å²) in [7, 11) is 0. The van der Waals surface area contributed by atoms with E-state index in [0.29, 0.717) is 5.84 Å². The number of para-hydroxylation sites is 1. The Morgan fingerprint density at radius 2 is 1.04 bits per heavy atom. The zero-order chi connectivity index (χ0) is 36.3. The van der Waals surface area contributed by atoms with Gasteiger partial charge in [-0.25, -0.2) is 9.98 Å². The highest BCUT2D eigenvalue weighted by atomic mass is 16.3. The maximum Gasteiger partial charge on any atom is 0.160 e. The third-order valence-corrected chi connectivity index (χ3v) is 10.9. The molecule has 10 aromatic rings. The first-order valence-corrected chi connectivity index (χ1v) is 18.7. The number of benzene rings is 9. The lowest BCUT2D eigenvalue weighted by atomic mass is 9.94. The Morgan fingerprint density at radius 3 is 1.85 bits per heavy atom. The van der Waals surface area contributed by atoms with Crippen molar-refractivity contribution in [2.45, 2.75) is 6.17 Å². The number of nitrogens with zero attached hydrogens (tertiary/aromatic N) is 2. The van der Waals surface area contributed by atoms with Gasteiger partial charge in [-0.15, -0.1) is 0 Å². The van der Waals surface area contributed by atoms with Crippen LogP contribution in [0.5, 0.6) is 0 Å². The van der Waals surface area contributed by atoms with Crippen LogP contribution in [0.25, 0.3) is 76.5 Å². The number of nitrogens with one attached hydrogen (secondary N) is 1. The van der Waals surface area contributed by atoms with Crippen LogP contribution >= 0.6 is 0 Å². The van der Waals surface area contributed by atoms with Crippen LogP contribution in [0.4, 0.5) is 0 Å². The van der Waals surface area contributed by atoms with Gasteiger partial charge < -0.3 is 9.73 Å². The smallest absolute Gasteiger partial charge is 0.160 e. The Morgan fingerprint density at radius 1 is 0.418 bits per heavy atom. The quantitative estimate of drug-likeness (QED) is 0.181. The van der Waals surface area contributed by atoms with Crippen molar-refractivity contribution in [3.8, 4) is 22.3 Å². The van der Waals surface area contributed by atoms with Gasteiger partial charge in [0.2, 0.25) is 0 Å². The molecule has 0 radical (unpaired) electrons. The van der Waals surface area contributed by atoms with Crippen molar-refractivity contribution < 1.29 is 4.42 Å². The molecule has 0 saturated carbocycles. The molecule has 0 fully saturated rings. The molecule has 1 N–H and O–H groups in total. The van der Waals surface area contributed by atoms with E-state index >= 15 is 0 Å². The number of furan rings is 1. The SMILES string of the molecule is c1ccc(-c2ccc(-c3cc(C4N=C(c5cc6ccccc6c6ccccc56)N=C(c5ccc6ccccc6c5)N4)c4c(c3)oc3ccccc34)cc2)cc1. The van der Waals surface area contributed by atoms with E-state index in [-0.39, 0.29) is 0 Å². The normalized spacial score (nSPS) is 14.4. The van der Waals surface area contributed by atoms with Crippen molar-refractivity contribution in [3.05, 3.63) is 205 Å². The molecule has 0 spiro atoms. The number of hydrogen-bond donors (Lipinski definition) is 1. The Bertz CT molecular complexity index is 3170. The van der Waals surface area contributed by atoms with E-state index in [4.69, 9.17) is 14.4 Å². The fourth-order valence-electron chi connectivity index (χ4n) is 8.21. The molecule has 1 aliphatic rings. The average molecular weight is 704 g/mol. The van der Waals surface area contributed by atoms with Gasteiger partial charge in [-0.2, -0.15) is 0 Å². The summed E-state index contributed by atoms with van der Waals surface area (Å²) in [4.78, 5) is 10.9. The van der Waals surface area contributed by atoms with E-state index in [1.807, 2.05) is 18.2 Å². The van der Waals surface area contributed by atoms with E-state index in [1.165, 1.54) is 27.3 Å². The first kappa shape index (κ1) is 31.2. The molecular weight excluding hydrogens is 671 g/mol. The highest BCUT2D eigenvalue weighted by Gasteiger charge is 2.27. The van der Waals surface area contributed by atoms with E-state index < -0.39 is 6.17 Å². The summed E-state index contributed by atoms with van der Waals surface area (Å²) < 4.78 is 6.61. The van der Waals surface area contributed by atoms with Crippen LogP contribution in [0.1, 0.15) is 22.9 Å². The van der Waals surface area contributed by atoms with Crippen LogP contribution in [-0.2, 0) is 0 Å². The lowest BCUT2D eigenvalue weighted by Crippen LogP contribution is -2.33. The van der Waals surface area contributed by atoms with Crippen LogP contribution in [0, 0.1) is 0 Å². The molecule has 0 aliphatic carbocycles. The van der Waals surface area contributed by atoms with E-state index in [2.05, 4.69) is 175 Å². The second-order valence-corrected chi connectivity index (χ2v) is 14.2. The molecule has 1 aliphatic heterocycles. The van der Waals surface area contributed by atoms with Gasteiger partial charge in [0.1, 0.15) is 23.2 Å². The molecule has 1 unspecified atom stereocenters. The Hall–Kier alpha value is -7.30. The van der Waals surface area contributed by atoms with Crippen LogP contribution < -0.4 is 5.32 Å². The highest BCUT2D eigenvalue weighted by molar-refractivity contribution is 6.22. The number of aliphatic imine (C=N–C) groups is 2. The summed E-state index contributed by atoms with van der Waals surface area (Å²) in [5.74, 6) is 1.46. The second-order valence-electron chi connectivity index (χ2n) is 14.2. The highest BCUT2D eigenvalue weighted by Crippen LogP contribution is 2.40. The molecule has 0 saturated heterocycles. The molecule has 1 atom stereocenters. The summed E-state index contributed by atoms with van der Waals surface area (Å²) in [6, 6.07) is 66.4. The fourth-order valence-corrected chi connectivity index (χ4v) is 8.21. The van der Waals surface area contributed by atoms with Gasteiger partial charge in [-0.05, 0) is 84.9 Å². The predicted octanol–water partition coefficient (Wildman–Crippen LogP) is 12.9. The minimum Gasteiger partial charge on any atom is -0.456 e. The molecule has 1 aromatic heterocycles. The first-order chi connectivity index (χ1) is 27.2. The first-order valence-electron chi connectivity index (χ1n) is 18.7. The van der Waals surface area contributed by atoms with Crippen LogP contribution in [0.15, 0.2) is 202 Å². The molecule has 258 valence electrons. The number of fused-ring (bicyclic) bond motifs is 7. The summed E-state index contributed by atoms with van der Waals surface area (Å²) in [6.45, 7) is 0. The summed E-state index contributed by atoms with van der Waals surface area (Å²) in [5.41, 5.74) is 9.24. The third kappa shape index (κ3) is 5.38. The van der Waals surface area contributed by atoms with Gasteiger partial charge in [-0.1, -0.05) is 158 Å². The second kappa shape index (κ2) is 12.7. The van der Waals surface area contributed by atoms with Crippen molar-refractivity contribution in [2.75, 3.05) is 0 Å². The molecule has 9 aromatic carbocycles. The predicted molar refractivity (Wildman–Crippen MR) is 229 cm³/mol. The van der Waals surface area contributed by atoms with Crippen LogP contribution in [-0.4, -0.2) is 11.7 Å². The lowest BCUT2D eigenvalue weighted by Gasteiger charge is -2.25. The maximum absolute atomic E-state index is 6.61. The van der Waals surface area contributed by atoms with Crippen molar-refractivity contribution in [3.63, 3.8) is 0 Å². The summed E-state index contributed by atoms with van der Waals surface area (Å²) >= 11 is 0. The van der Waals surface area contributed by atoms with Gasteiger partial charge in [0.15, 0.2) is 5.84 Å². The zero-order valence-electron chi connectivity index (χ0n) is 29.8. The summed E-state index contributed by atoms with van der Waals surface area (Å²) in [5, 5.41) is 12.9. The van der Waals surface area contributed by atoms with Crippen molar-refractivity contribution in [2.24, 2.45) is 9.98 Å². The van der Waals surface area contributed by atoms with E-state index in [0.717, 1.165) is 71.8 Å². The monoisotopic (exact) mass is 703 g/mol. The topological polar surface area (TPSA) is 49.9 Å². The van der Waals surface area contributed by atoms with Gasteiger partial charge in [-0.3, -0.25) is 0 Å². The Kier molecular flexibility index (Phi) is 7.20. The van der Waals surface area contributed by atoms with Gasteiger partial charge in [0, 0.05) is 27.5 Å². The average Bonchev–Trinajstić information content (AvgIpc) is 3.64. The molecule has 11 rings (SSSR count). The standard InChI is InChI=1S/C51H33N3O/c1-2-12-32(13-3-1)34-22-24-35(25-23-34)39-30-45(48-43-20-10-11-21-46(43)55-47(48)31-39)51-53-49(38-27-26-33-14-4-5-15-36(33)28-38)52-50(54-51)44-29-37-16-6-7-17-40(37)41-18-8-9-19-42(41)44/h1-31,51H,(H,52,53,54). The Labute approximate surface area is 317 Å². The largest absolute Gasteiger partial charge is 0.456 e. The molecule has 55 heavy (non-hydrogen) atoms. The minimum absolute atomic E-state index is 0.466. The molecule has 0 amide bonds. The minimum atomic E-state index is -0.466. The third-order valence-electron chi connectivity index (χ3n) is 10.9. The van der Waals surface area contributed by atoms with Crippen molar-refractivity contribution in [1.82, 2.24) is 5.32 Å². The fraction of sp³-hybridized carbons (Fsp3) is 0.0196. The van der Waals surface area contributed by atoms with Crippen LogP contribution in [0.3, 0.4) is 0 Å². The molecular formula is C51H33N3O. The number of hydrogen-bond acceptors (Lipinski definition) is 4. The molecule has 0 bridgehead atoms. The molecule has 2 heterocycles. The van der Waals surface area contributed by atoms with Gasteiger partial charge in [0.05, 0.1) is 0 Å². The van der Waals surface area contributed by atoms with Crippen LogP contribution in [0.2, 0.25) is 0 Å². The number of rotatable bonds is 5. The zero-order valence-corrected chi connectivity index (χ0v) is 29.8. The Balaban J connectivity index is 1.14. The lowest BCUT2D eigenvalue weighted by molar-refractivity contribution is 0.662. The van der Waals surface area contributed by atoms with Crippen molar-refractivity contribution >= 4 is 65.9 Å². The summed E-state index contributed by atoms with van der Waals surface area (Å²) in [6.07, 6.45) is -0.466. The van der Waals surface area contributed by atoms with E-state index in [1.54, 1.807) is 0 Å². The maximum atomic E-state index is 6.61. The molecule has 4 heteroatoms. The van der Waals surface area contributed by atoms with E-state index in [9.17, 15) is 0 Å². The van der Waals surface area contributed by atoms with Gasteiger partial charge in [0.25, 0.3) is 0 Å².